The molecule has 0 aliphatic heterocycles. The lowest BCUT2D eigenvalue weighted by Gasteiger charge is -2.15. The molecule has 1 atom stereocenters. The Morgan fingerprint density at radius 3 is 2.95 bits per heavy atom. The van der Waals surface area contributed by atoms with Crippen LogP contribution >= 0.6 is 11.3 Å². The summed E-state index contributed by atoms with van der Waals surface area (Å²) in [6.07, 6.45) is 0.0341. The van der Waals surface area contributed by atoms with Gasteiger partial charge in [0.05, 0.1) is 19.6 Å². The Kier molecular flexibility index (Phi) is 4.31. The Balaban J connectivity index is 2.11. The number of aromatic nitrogens is 3. The fraction of sp³-hybridized carbons (Fsp3) is 0.273. The third kappa shape index (κ3) is 3.32. The number of hydrogen-bond donors (Lipinski definition) is 3. The molecule has 0 aliphatic carbocycles. The van der Waals surface area contributed by atoms with Crippen molar-refractivity contribution in [3.05, 3.63) is 28.2 Å². The van der Waals surface area contributed by atoms with Gasteiger partial charge in [0, 0.05) is 4.88 Å². The lowest BCUT2D eigenvalue weighted by Crippen LogP contribution is -2.30. The van der Waals surface area contributed by atoms with Crippen molar-refractivity contribution in [3.8, 4) is 0 Å². The Morgan fingerprint density at radius 1 is 1.60 bits per heavy atom. The number of nitrogens with two attached hydrogens (primary N) is 1. The third-order valence-corrected chi connectivity index (χ3v) is 3.49. The maximum atomic E-state index is 12.0. The molecule has 0 saturated heterocycles. The third-order valence-electron chi connectivity index (χ3n) is 2.51. The molecule has 106 valence electrons. The summed E-state index contributed by atoms with van der Waals surface area (Å²) in [6, 6.07) is 3.18. The van der Waals surface area contributed by atoms with Crippen LogP contribution in [0.5, 0.6) is 0 Å². The first-order valence-electron chi connectivity index (χ1n) is 5.69. The molecule has 9 heteroatoms. The molecule has 0 radical (unpaired) electrons. The number of carbonyl (C=O) groups is 2. The molecule has 0 fully saturated rings. The van der Waals surface area contributed by atoms with Crippen molar-refractivity contribution in [2.45, 2.75) is 12.5 Å². The van der Waals surface area contributed by atoms with Gasteiger partial charge in [-0.05, 0) is 11.4 Å². The summed E-state index contributed by atoms with van der Waals surface area (Å²) >= 11 is 1.43. The largest absolute Gasteiger partial charge is 0.469 e. The first-order valence-corrected chi connectivity index (χ1v) is 6.57. The number of hydrogen-bond acceptors (Lipinski definition) is 7. The molecule has 0 spiro atoms. The van der Waals surface area contributed by atoms with E-state index in [1.807, 2.05) is 17.5 Å². The summed E-state index contributed by atoms with van der Waals surface area (Å²) in [6.45, 7) is 0. The predicted molar refractivity (Wildman–Crippen MR) is 72.0 cm³/mol. The monoisotopic (exact) mass is 295 g/mol. The first-order chi connectivity index (χ1) is 9.60. The molecule has 2 aromatic rings. The van der Waals surface area contributed by atoms with Crippen molar-refractivity contribution in [1.82, 2.24) is 20.5 Å². The molecule has 4 N–H and O–H groups in total. The van der Waals surface area contributed by atoms with E-state index in [0.717, 1.165) is 4.88 Å². The van der Waals surface area contributed by atoms with E-state index < -0.39 is 17.9 Å². The van der Waals surface area contributed by atoms with E-state index >= 15 is 0 Å². The van der Waals surface area contributed by atoms with Crippen LogP contribution in [0.1, 0.15) is 28.0 Å². The average Bonchev–Trinajstić information content (AvgIpc) is 3.08. The highest BCUT2D eigenvalue weighted by molar-refractivity contribution is 7.10. The van der Waals surface area contributed by atoms with Crippen molar-refractivity contribution in [2.24, 2.45) is 0 Å². The Morgan fingerprint density at radius 2 is 2.40 bits per heavy atom. The smallest absolute Gasteiger partial charge is 0.307 e. The number of nitrogens with one attached hydrogen (secondary N) is 2. The first kappa shape index (κ1) is 14.0. The molecule has 1 unspecified atom stereocenters. The molecule has 2 rings (SSSR count). The SMILES string of the molecule is COC(=O)CC(NC(=O)c1nc(N)n[nH]1)c1cccs1. The second-order valence-electron chi connectivity index (χ2n) is 3.86. The molecule has 0 saturated carbocycles. The van der Waals surface area contributed by atoms with Gasteiger partial charge >= 0.3 is 5.97 Å². The lowest BCUT2D eigenvalue weighted by atomic mass is 10.1. The molecular weight excluding hydrogens is 282 g/mol. The number of rotatable bonds is 5. The quantitative estimate of drug-likeness (QED) is 0.689. The van der Waals surface area contributed by atoms with Crippen molar-refractivity contribution in [2.75, 3.05) is 12.8 Å². The summed E-state index contributed by atoms with van der Waals surface area (Å²) in [7, 11) is 1.30. The topological polar surface area (TPSA) is 123 Å². The number of esters is 1. The van der Waals surface area contributed by atoms with Gasteiger partial charge in [-0.1, -0.05) is 6.07 Å². The minimum atomic E-state index is -0.489. The minimum absolute atomic E-state index is 0.00563. The number of anilines is 1. The molecule has 0 aliphatic rings. The number of carbonyl (C=O) groups excluding carboxylic acids is 2. The number of amides is 1. The fourth-order valence-electron chi connectivity index (χ4n) is 1.57. The van der Waals surface area contributed by atoms with E-state index in [9.17, 15) is 9.59 Å². The molecular formula is C11H13N5O3S. The van der Waals surface area contributed by atoms with E-state index in [2.05, 4.69) is 25.2 Å². The second kappa shape index (κ2) is 6.15. The number of nitrogens with zero attached hydrogens (tertiary/aromatic N) is 2. The van der Waals surface area contributed by atoms with Gasteiger partial charge in [0.25, 0.3) is 5.91 Å². The van der Waals surface area contributed by atoms with E-state index in [1.165, 1.54) is 18.4 Å². The zero-order valence-electron chi connectivity index (χ0n) is 10.6. The van der Waals surface area contributed by atoms with Crippen LogP contribution in [-0.2, 0) is 9.53 Å². The standard InChI is InChI=1S/C11H13N5O3S/c1-19-8(17)5-6(7-3-2-4-20-7)13-10(18)9-14-11(12)16-15-9/h2-4,6H,5H2,1H3,(H,13,18)(H3,12,14,15,16). The van der Waals surface area contributed by atoms with Crippen LogP contribution < -0.4 is 11.1 Å². The Labute approximate surface area is 118 Å². The van der Waals surface area contributed by atoms with Crippen LogP contribution in [0.3, 0.4) is 0 Å². The molecule has 8 nitrogen and oxygen atoms in total. The predicted octanol–water partition coefficient (Wildman–Crippen LogP) is 0.483. The summed E-state index contributed by atoms with van der Waals surface area (Å²) in [5, 5.41) is 10.5. The van der Waals surface area contributed by atoms with Gasteiger partial charge in [0.2, 0.25) is 11.8 Å². The summed E-state index contributed by atoms with van der Waals surface area (Å²) < 4.78 is 4.63. The van der Waals surface area contributed by atoms with E-state index in [-0.39, 0.29) is 18.2 Å². The molecule has 0 aromatic carbocycles. The van der Waals surface area contributed by atoms with Crippen LogP contribution in [0.2, 0.25) is 0 Å². The summed E-state index contributed by atoms with van der Waals surface area (Å²) in [5.41, 5.74) is 5.34. The van der Waals surface area contributed by atoms with Gasteiger partial charge < -0.3 is 15.8 Å². The van der Waals surface area contributed by atoms with Crippen molar-refractivity contribution < 1.29 is 14.3 Å². The number of nitrogen functional groups attached to an aromatic ring is 1. The maximum Gasteiger partial charge on any atom is 0.307 e. The van der Waals surface area contributed by atoms with Crippen LogP contribution in [0.4, 0.5) is 5.95 Å². The Hall–Kier alpha value is -2.42. The molecule has 20 heavy (non-hydrogen) atoms. The zero-order valence-corrected chi connectivity index (χ0v) is 11.4. The number of aromatic amines is 1. The zero-order chi connectivity index (χ0) is 14.5. The maximum absolute atomic E-state index is 12.0. The van der Waals surface area contributed by atoms with Crippen LogP contribution in [0.25, 0.3) is 0 Å². The number of ether oxygens (including phenoxy) is 1. The highest BCUT2D eigenvalue weighted by Gasteiger charge is 2.22. The van der Waals surface area contributed by atoms with Gasteiger partial charge in [0.1, 0.15) is 0 Å². The number of methoxy groups -OCH3 is 1. The second-order valence-corrected chi connectivity index (χ2v) is 4.84. The molecule has 2 heterocycles. The number of thiophene rings is 1. The van der Waals surface area contributed by atoms with Gasteiger partial charge in [-0.2, -0.15) is 4.98 Å². The van der Waals surface area contributed by atoms with Gasteiger partial charge in [-0.3, -0.25) is 14.7 Å². The minimum Gasteiger partial charge on any atom is -0.469 e. The molecule has 2 aromatic heterocycles. The summed E-state index contributed by atoms with van der Waals surface area (Å²) in [4.78, 5) is 28.0. The average molecular weight is 295 g/mol. The fourth-order valence-corrected chi connectivity index (χ4v) is 2.34. The van der Waals surface area contributed by atoms with Gasteiger partial charge in [-0.15, -0.1) is 16.4 Å². The molecule has 1 amide bonds. The summed E-state index contributed by atoms with van der Waals surface area (Å²) in [5.74, 6) is -0.929. The molecule has 0 bridgehead atoms. The highest BCUT2D eigenvalue weighted by Crippen LogP contribution is 2.22. The van der Waals surface area contributed by atoms with Crippen molar-refractivity contribution in [3.63, 3.8) is 0 Å². The number of H-pyrrole nitrogens is 1. The highest BCUT2D eigenvalue weighted by atomic mass is 32.1. The van der Waals surface area contributed by atoms with Crippen LogP contribution in [0, 0.1) is 0 Å². The van der Waals surface area contributed by atoms with E-state index in [1.54, 1.807) is 0 Å². The van der Waals surface area contributed by atoms with E-state index in [0.29, 0.717) is 0 Å². The van der Waals surface area contributed by atoms with Crippen molar-refractivity contribution >= 4 is 29.2 Å². The van der Waals surface area contributed by atoms with Crippen molar-refractivity contribution in [1.29, 1.82) is 0 Å². The Bertz CT molecular complexity index is 595. The normalized spacial score (nSPS) is 11.8. The van der Waals surface area contributed by atoms with Crippen LogP contribution in [0.15, 0.2) is 17.5 Å². The van der Waals surface area contributed by atoms with Crippen LogP contribution in [-0.4, -0.2) is 34.2 Å². The lowest BCUT2D eigenvalue weighted by molar-refractivity contribution is -0.141. The van der Waals surface area contributed by atoms with Gasteiger partial charge in [0.15, 0.2) is 0 Å². The van der Waals surface area contributed by atoms with E-state index in [4.69, 9.17) is 5.73 Å². The van der Waals surface area contributed by atoms with Gasteiger partial charge in [-0.25, -0.2) is 0 Å².